The Hall–Kier alpha value is -2.75. The summed E-state index contributed by atoms with van der Waals surface area (Å²) in [7, 11) is 0. The molecule has 6 aliphatic rings. The molecule has 9 atom stereocenters. The molecular weight excluding hydrogens is 721 g/mol. The van der Waals surface area contributed by atoms with Crippen molar-refractivity contribution in [3.63, 3.8) is 0 Å². The third kappa shape index (κ3) is 7.65. The summed E-state index contributed by atoms with van der Waals surface area (Å²) in [4.78, 5) is 66.6. The Kier molecular flexibility index (Phi) is 11.8. The van der Waals surface area contributed by atoms with Crippen LogP contribution in [0.3, 0.4) is 0 Å². The summed E-state index contributed by atoms with van der Waals surface area (Å²) in [5, 5.41) is 12.6. The van der Waals surface area contributed by atoms with Gasteiger partial charge >= 0.3 is 17.9 Å². The third-order valence-corrected chi connectivity index (χ3v) is 17.2. The predicted octanol–water partition coefficient (Wildman–Crippen LogP) is 8.16. The molecule has 0 radical (unpaired) electrons. The van der Waals surface area contributed by atoms with E-state index in [0.29, 0.717) is 43.8 Å². The average Bonchev–Trinajstić information content (AvgIpc) is 3.84. The van der Waals surface area contributed by atoms with Crippen molar-refractivity contribution in [2.24, 2.45) is 62.1 Å². The van der Waals surface area contributed by atoms with Gasteiger partial charge in [0.25, 0.3) is 0 Å². The van der Waals surface area contributed by atoms with Gasteiger partial charge in [-0.1, -0.05) is 48.5 Å². The molecule has 6 aliphatic carbocycles. The molecule has 5 fully saturated rings. The molecule has 0 spiro atoms. The Labute approximate surface area is 342 Å². The van der Waals surface area contributed by atoms with Gasteiger partial charge in [-0.15, -0.1) is 0 Å². The van der Waals surface area contributed by atoms with Gasteiger partial charge in [0.15, 0.2) is 5.78 Å². The number of amides is 1. The second kappa shape index (κ2) is 15.4. The lowest BCUT2D eigenvalue weighted by molar-refractivity contribution is -0.235. The lowest BCUT2D eigenvalue weighted by Crippen LogP contribution is -2.66. The van der Waals surface area contributed by atoms with E-state index in [9.17, 15) is 29.1 Å². The molecule has 57 heavy (non-hydrogen) atoms. The first-order valence-electron chi connectivity index (χ1n) is 22.3. The zero-order valence-electron chi connectivity index (χ0n) is 37.1. The van der Waals surface area contributed by atoms with Gasteiger partial charge in [0, 0.05) is 57.3 Å². The van der Waals surface area contributed by atoms with E-state index in [1.165, 1.54) is 32.3 Å². The Morgan fingerprint density at radius 1 is 0.895 bits per heavy atom. The number of carboxylic acid groups (broad SMARTS) is 1. The Balaban J connectivity index is 1.31. The molecule has 0 aromatic rings. The normalized spacial score (nSPS) is 36.5. The lowest BCUT2D eigenvalue weighted by Gasteiger charge is -2.72. The molecule has 5 saturated carbocycles. The first-order chi connectivity index (χ1) is 26.4. The number of nitrogens with zero attached hydrogens (tertiary/aromatic N) is 1. The quantitative estimate of drug-likeness (QED) is 0.167. The molecule has 6 rings (SSSR count). The number of ether oxygens (including phenoxy) is 2. The first-order valence-corrected chi connectivity index (χ1v) is 22.3. The molecule has 0 unspecified atom stereocenters. The van der Waals surface area contributed by atoms with E-state index in [-0.39, 0.29) is 63.7 Å². The average molecular weight is 795 g/mol. The number of esters is 2. The van der Waals surface area contributed by atoms with E-state index in [1.807, 2.05) is 0 Å². The Morgan fingerprint density at radius 3 is 2.18 bits per heavy atom. The number of rotatable bonds is 14. The van der Waals surface area contributed by atoms with E-state index in [0.717, 1.165) is 63.5 Å². The van der Waals surface area contributed by atoms with Crippen LogP contribution in [0.1, 0.15) is 153 Å². The maximum absolute atomic E-state index is 14.4. The summed E-state index contributed by atoms with van der Waals surface area (Å²) in [6.45, 7) is 25.3. The van der Waals surface area contributed by atoms with E-state index in [4.69, 9.17) is 9.47 Å². The first kappa shape index (κ1) is 43.8. The number of allylic oxidation sites excluding steroid dienone is 1. The van der Waals surface area contributed by atoms with Crippen molar-refractivity contribution in [1.82, 2.24) is 10.2 Å². The van der Waals surface area contributed by atoms with Crippen molar-refractivity contribution in [2.75, 3.05) is 26.2 Å². The molecule has 0 saturated heterocycles. The number of carbonyl (C=O) groups excluding carboxylic acids is 4. The van der Waals surface area contributed by atoms with Gasteiger partial charge in [0.2, 0.25) is 5.91 Å². The lowest BCUT2D eigenvalue weighted by atomic mass is 9.33. The number of aliphatic carboxylic acids is 1. The zero-order valence-corrected chi connectivity index (χ0v) is 37.1. The monoisotopic (exact) mass is 795 g/mol. The summed E-state index contributed by atoms with van der Waals surface area (Å²) in [5.41, 5.74) is 0.238. The molecule has 0 aromatic carbocycles. The highest BCUT2D eigenvalue weighted by Crippen LogP contribution is 2.77. The Morgan fingerprint density at radius 2 is 1.58 bits per heavy atom. The minimum atomic E-state index is -1.18. The van der Waals surface area contributed by atoms with Crippen LogP contribution in [0.4, 0.5) is 0 Å². The van der Waals surface area contributed by atoms with Crippen molar-refractivity contribution in [3.8, 4) is 0 Å². The van der Waals surface area contributed by atoms with Crippen LogP contribution in [0.5, 0.6) is 0 Å². The molecule has 10 nitrogen and oxygen atoms in total. The second-order valence-corrected chi connectivity index (χ2v) is 21.8. The largest absolute Gasteiger partial charge is 0.481 e. The molecule has 10 heteroatoms. The van der Waals surface area contributed by atoms with Crippen LogP contribution in [0.15, 0.2) is 11.1 Å². The number of ketones is 1. The highest BCUT2D eigenvalue weighted by Gasteiger charge is 2.71. The number of fused-ring (bicyclic) bond motifs is 7. The molecule has 0 heterocycles. The van der Waals surface area contributed by atoms with Crippen molar-refractivity contribution in [3.05, 3.63) is 11.1 Å². The highest BCUT2D eigenvalue weighted by molar-refractivity contribution is 6.01. The number of Topliss-reactive ketones (excluding diaryl/α,β-unsaturated/α-hetero) is 1. The fraction of sp³-hybridized carbons (Fsp3) is 0.851. The minimum absolute atomic E-state index is 0.00640. The van der Waals surface area contributed by atoms with Gasteiger partial charge < -0.3 is 19.9 Å². The summed E-state index contributed by atoms with van der Waals surface area (Å²) < 4.78 is 12.6. The van der Waals surface area contributed by atoms with Crippen molar-refractivity contribution >= 4 is 29.6 Å². The van der Waals surface area contributed by atoms with Crippen LogP contribution in [0.2, 0.25) is 0 Å². The standard InChI is InChI=1S/C47H74N2O8/c1-28(2)39-33(52)24-47(37(56-30(4)51)27-49(26-31-12-13-31)23-22-48-29(3)50)21-20-45(10)32(40(39)47)14-15-35-44(9)18-17-36(57-38(53)25-42(5,6)41(54)55)43(7,8)34(44)16-19-46(35,45)11/h28,31-32,34-37H,12-27H2,1-11H3,(H,48,50)(H,54,55)/t32-,34-,35-,36+,37+,44+,45-,46-,47+/m1/s1. The van der Waals surface area contributed by atoms with Gasteiger partial charge in [-0.05, 0) is 135 Å². The van der Waals surface area contributed by atoms with Gasteiger partial charge in [-0.3, -0.25) is 28.9 Å². The van der Waals surface area contributed by atoms with Crippen LogP contribution in [0.25, 0.3) is 0 Å². The molecule has 1 amide bonds. The maximum atomic E-state index is 14.4. The van der Waals surface area contributed by atoms with Crippen LogP contribution in [-0.2, 0) is 33.4 Å². The second-order valence-electron chi connectivity index (χ2n) is 21.8. The number of hydrogen-bond acceptors (Lipinski definition) is 8. The summed E-state index contributed by atoms with van der Waals surface area (Å²) >= 11 is 0. The highest BCUT2D eigenvalue weighted by atomic mass is 16.5. The molecule has 320 valence electrons. The van der Waals surface area contributed by atoms with Gasteiger partial charge in [0.1, 0.15) is 12.2 Å². The number of carboxylic acids is 1. The van der Waals surface area contributed by atoms with Gasteiger partial charge in [-0.2, -0.15) is 0 Å². The van der Waals surface area contributed by atoms with E-state index in [1.54, 1.807) is 13.8 Å². The smallest absolute Gasteiger partial charge is 0.309 e. The van der Waals surface area contributed by atoms with Crippen LogP contribution >= 0.6 is 0 Å². The van der Waals surface area contributed by atoms with Crippen LogP contribution in [0, 0.1) is 62.1 Å². The maximum Gasteiger partial charge on any atom is 0.309 e. The van der Waals surface area contributed by atoms with Gasteiger partial charge in [-0.25, -0.2) is 0 Å². The van der Waals surface area contributed by atoms with Gasteiger partial charge in [0.05, 0.1) is 11.8 Å². The number of hydrogen-bond donors (Lipinski definition) is 2. The Bertz CT molecular complexity index is 1660. The van der Waals surface area contributed by atoms with E-state index in [2.05, 4.69) is 58.7 Å². The summed E-state index contributed by atoms with van der Waals surface area (Å²) in [6, 6.07) is 0. The van der Waals surface area contributed by atoms with Crippen molar-refractivity contribution < 1.29 is 38.6 Å². The third-order valence-electron chi connectivity index (χ3n) is 17.2. The number of carbonyl (C=O) groups is 5. The predicted molar refractivity (Wildman–Crippen MR) is 219 cm³/mol. The molecular formula is C47H74N2O8. The number of nitrogens with one attached hydrogen (secondary N) is 1. The summed E-state index contributed by atoms with van der Waals surface area (Å²) in [5.74, 6) is 0.0963. The van der Waals surface area contributed by atoms with Crippen LogP contribution < -0.4 is 5.32 Å². The SMILES string of the molecule is CC(=O)NCCN(CC1CC1)C[C@H](OC(C)=O)[C@@]12CC[C@]3(C)[C@H](CC[C@@H]4[C@@]5(C)CC[C@H](OC(=O)CC(C)(C)C(=O)O)C(C)(C)[C@H]5CC[C@]43C)C1=C(C(C)C)C(=O)C2. The minimum Gasteiger partial charge on any atom is -0.481 e. The summed E-state index contributed by atoms with van der Waals surface area (Å²) in [6.07, 6.45) is 9.50. The molecule has 0 aliphatic heterocycles. The fourth-order valence-electron chi connectivity index (χ4n) is 14.0. The van der Waals surface area contributed by atoms with E-state index < -0.39 is 28.9 Å². The fourth-order valence-corrected chi connectivity index (χ4v) is 14.0. The van der Waals surface area contributed by atoms with Crippen molar-refractivity contribution in [1.29, 1.82) is 0 Å². The van der Waals surface area contributed by atoms with Crippen LogP contribution in [-0.4, -0.2) is 78.0 Å². The molecule has 0 aromatic heterocycles. The molecule has 0 bridgehead atoms. The molecule has 2 N–H and O–H groups in total. The topological polar surface area (TPSA) is 139 Å². The van der Waals surface area contributed by atoms with Crippen molar-refractivity contribution in [2.45, 2.75) is 165 Å². The van der Waals surface area contributed by atoms with E-state index >= 15 is 0 Å². The zero-order chi connectivity index (χ0) is 42.1.